The molecule has 4 N–H and O–H groups in total. The summed E-state index contributed by atoms with van der Waals surface area (Å²) in [6.45, 7) is 4.07. The second-order valence-corrected chi connectivity index (χ2v) is 6.19. The molecule has 1 fully saturated rings. The Morgan fingerprint density at radius 2 is 1.39 bits per heavy atom. The molecule has 1 aliphatic heterocycles. The maximum atomic E-state index is 10.1. The molecular weight excluding hydrogens is 296 g/mol. The van der Waals surface area contributed by atoms with Crippen molar-refractivity contribution in [1.82, 2.24) is 0 Å². The molecule has 4 unspecified atom stereocenters. The van der Waals surface area contributed by atoms with Gasteiger partial charge in [-0.1, -0.05) is 19.9 Å². The van der Waals surface area contributed by atoms with Crippen LogP contribution in [0.4, 0.5) is 0 Å². The molecule has 1 heterocycles. The molecule has 0 spiro atoms. The van der Waals surface area contributed by atoms with Crippen molar-refractivity contribution in [3.63, 3.8) is 0 Å². The molecule has 2 aromatic carbocycles. The van der Waals surface area contributed by atoms with Gasteiger partial charge in [0.05, 0.1) is 12.2 Å². The van der Waals surface area contributed by atoms with Gasteiger partial charge in [-0.2, -0.15) is 0 Å². The largest absolute Gasteiger partial charge is 0.508 e. The van der Waals surface area contributed by atoms with Gasteiger partial charge < -0.3 is 25.2 Å². The highest BCUT2D eigenvalue weighted by atomic mass is 16.5. The number of hydrogen-bond donors (Lipinski definition) is 4. The van der Waals surface area contributed by atoms with Gasteiger partial charge in [0.2, 0.25) is 0 Å². The second kappa shape index (κ2) is 5.66. The number of phenols is 4. The van der Waals surface area contributed by atoms with Gasteiger partial charge in [0.15, 0.2) is 11.5 Å². The van der Waals surface area contributed by atoms with E-state index in [1.54, 1.807) is 6.07 Å². The molecule has 5 heteroatoms. The predicted molar refractivity (Wildman–Crippen MR) is 84.4 cm³/mol. The van der Waals surface area contributed by atoms with Crippen molar-refractivity contribution in [1.29, 1.82) is 0 Å². The van der Waals surface area contributed by atoms with Gasteiger partial charge in [-0.15, -0.1) is 0 Å². The molecule has 0 bridgehead atoms. The summed E-state index contributed by atoms with van der Waals surface area (Å²) in [7, 11) is 0. The van der Waals surface area contributed by atoms with Crippen molar-refractivity contribution in [3.8, 4) is 23.0 Å². The minimum atomic E-state index is -0.363. The number of phenolic OH excluding ortho intramolecular Hbond substituents is 4. The maximum Gasteiger partial charge on any atom is 0.157 e. The van der Waals surface area contributed by atoms with E-state index in [2.05, 4.69) is 0 Å². The first-order chi connectivity index (χ1) is 10.9. The van der Waals surface area contributed by atoms with E-state index in [0.717, 1.165) is 5.56 Å². The molecule has 4 atom stereocenters. The van der Waals surface area contributed by atoms with Crippen molar-refractivity contribution in [2.24, 2.45) is 11.8 Å². The third kappa shape index (κ3) is 2.68. The smallest absolute Gasteiger partial charge is 0.157 e. The van der Waals surface area contributed by atoms with Crippen LogP contribution in [0.25, 0.3) is 0 Å². The molecule has 0 amide bonds. The van der Waals surface area contributed by atoms with E-state index in [0.29, 0.717) is 5.56 Å². The lowest BCUT2D eigenvalue weighted by Crippen LogP contribution is -2.09. The van der Waals surface area contributed by atoms with Crippen LogP contribution in [-0.4, -0.2) is 20.4 Å². The Labute approximate surface area is 134 Å². The van der Waals surface area contributed by atoms with Gasteiger partial charge in [0.25, 0.3) is 0 Å². The minimum Gasteiger partial charge on any atom is -0.508 e. The van der Waals surface area contributed by atoms with Crippen LogP contribution in [0.1, 0.15) is 37.2 Å². The van der Waals surface area contributed by atoms with Gasteiger partial charge in [0.1, 0.15) is 11.5 Å². The van der Waals surface area contributed by atoms with E-state index < -0.39 is 0 Å². The minimum absolute atomic E-state index is 0.0759. The highest BCUT2D eigenvalue weighted by Gasteiger charge is 2.41. The summed E-state index contributed by atoms with van der Waals surface area (Å²) in [4.78, 5) is 0. The fourth-order valence-corrected chi connectivity index (χ4v) is 3.18. The zero-order valence-electron chi connectivity index (χ0n) is 13.0. The first-order valence-electron chi connectivity index (χ1n) is 7.57. The average Bonchev–Trinajstić information content (AvgIpc) is 2.81. The topological polar surface area (TPSA) is 90.2 Å². The Kier molecular flexibility index (Phi) is 3.82. The molecule has 1 saturated heterocycles. The fourth-order valence-electron chi connectivity index (χ4n) is 3.18. The van der Waals surface area contributed by atoms with Gasteiger partial charge in [-0.25, -0.2) is 0 Å². The molecule has 2 aromatic rings. The lowest BCUT2D eigenvalue weighted by molar-refractivity contribution is 0.0276. The van der Waals surface area contributed by atoms with Crippen LogP contribution in [0.15, 0.2) is 36.4 Å². The third-order valence-electron chi connectivity index (χ3n) is 4.72. The van der Waals surface area contributed by atoms with Crippen LogP contribution < -0.4 is 0 Å². The lowest BCUT2D eigenvalue weighted by Gasteiger charge is -2.18. The molecule has 3 rings (SSSR count). The Morgan fingerprint density at radius 3 is 2.09 bits per heavy atom. The first kappa shape index (κ1) is 15.5. The Morgan fingerprint density at radius 1 is 0.739 bits per heavy atom. The van der Waals surface area contributed by atoms with Crippen molar-refractivity contribution in [3.05, 3.63) is 47.5 Å². The molecule has 0 radical (unpaired) electrons. The van der Waals surface area contributed by atoms with E-state index >= 15 is 0 Å². The van der Waals surface area contributed by atoms with Crippen molar-refractivity contribution in [2.75, 3.05) is 0 Å². The summed E-state index contributed by atoms with van der Waals surface area (Å²) in [6.07, 6.45) is -0.638. The Balaban J connectivity index is 1.94. The summed E-state index contributed by atoms with van der Waals surface area (Å²) >= 11 is 0. The third-order valence-corrected chi connectivity index (χ3v) is 4.72. The summed E-state index contributed by atoms with van der Waals surface area (Å²) in [5.74, 6) is 0.0339. The normalized spacial score (nSPS) is 27.2. The van der Waals surface area contributed by atoms with E-state index in [9.17, 15) is 20.4 Å². The van der Waals surface area contributed by atoms with Crippen LogP contribution >= 0.6 is 0 Å². The van der Waals surface area contributed by atoms with Crippen LogP contribution in [-0.2, 0) is 4.74 Å². The molecule has 23 heavy (non-hydrogen) atoms. The first-order valence-corrected chi connectivity index (χ1v) is 7.57. The Hall–Kier alpha value is -2.40. The summed E-state index contributed by atoms with van der Waals surface area (Å²) in [5, 5.41) is 38.9. The highest BCUT2D eigenvalue weighted by molar-refractivity contribution is 5.43. The van der Waals surface area contributed by atoms with E-state index in [-0.39, 0.29) is 47.0 Å². The zero-order chi connectivity index (χ0) is 16.7. The van der Waals surface area contributed by atoms with E-state index in [4.69, 9.17) is 4.74 Å². The lowest BCUT2D eigenvalue weighted by atomic mass is 9.85. The van der Waals surface area contributed by atoms with Gasteiger partial charge >= 0.3 is 0 Å². The number of aromatic hydroxyl groups is 4. The number of benzene rings is 2. The summed E-state index contributed by atoms with van der Waals surface area (Å²) < 4.78 is 6.12. The second-order valence-electron chi connectivity index (χ2n) is 6.19. The van der Waals surface area contributed by atoms with Crippen LogP contribution in [0.3, 0.4) is 0 Å². The molecule has 1 aliphatic rings. The molecule has 0 aromatic heterocycles. The standard InChI is InChI=1S/C18H20O5/c1-9-10(2)18(13-8-12(19)4-6-14(13)20)23-17(9)11-3-5-15(21)16(22)7-11/h3-10,17-22H,1-2H3. The Bertz CT molecular complexity index is 727. The average molecular weight is 316 g/mol. The van der Waals surface area contributed by atoms with E-state index in [1.165, 1.54) is 30.3 Å². The number of rotatable bonds is 2. The quantitative estimate of drug-likeness (QED) is 0.502. The van der Waals surface area contributed by atoms with Crippen molar-refractivity contribution < 1.29 is 25.2 Å². The highest BCUT2D eigenvalue weighted by Crippen LogP contribution is 2.51. The number of hydrogen-bond acceptors (Lipinski definition) is 5. The molecule has 0 saturated carbocycles. The van der Waals surface area contributed by atoms with Gasteiger partial charge in [-0.3, -0.25) is 0 Å². The van der Waals surface area contributed by atoms with Crippen LogP contribution in [0.5, 0.6) is 23.0 Å². The monoisotopic (exact) mass is 316 g/mol. The van der Waals surface area contributed by atoms with Crippen molar-refractivity contribution in [2.45, 2.75) is 26.1 Å². The predicted octanol–water partition coefficient (Wildman–Crippen LogP) is 3.59. The van der Waals surface area contributed by atoms with Crippen LogP contribution in [0, 0.1) is 11.8 Å². The van der Waals surface area contributed by atoms with E-state index in [1.807, 2.05) is 13.8 Å². The molecule has 122 valence electrons. The van der Waals surface area contributed by atoms with Gasteiger partial charge in [0, 0.05) is 5.56 Å². The van der Waals surface area contributed by atoms with Gasteiger partial charge in [-0.05, 0) is 47.7 Å². The van der Waals surface area contributed by atoms with Crippen LogP contribution in [0.2, 0.25) is 0 Å². The summed E-state index contributed by atoms with van der Waals surface area (Å²) in [6, 6.07) is 9.04. The molecule has 0 aliphatic carbocycles. The molecular formula is C18H20O5. The maximum absolute atomic E-state index is 10.1. The number of ether oxygens (including phenoxy) is 1. The van der Waals surface area contributed by atoms with Crippen molar-refractivity contribution >= 4 is 0 Å². The fraction of sp³-hybridized carbons (Fsp3) is 0.333. The zero-order valence-corrected chi connectivity index (χ0v) is 13.0. The SMILES string of the molecule is CC1C(c2ccc(O)c(O)c2)OC(c2cc(O)ccc2O)C1C. The summed E-state index contributed by atoms with van der Waals surface area (Å²) in [5.41, 5.74) is 1.32. The molecule has 5 nitrogen and oxygen atoms in total.